The Hall–Kier alpha value is -1.32. The van der Waals surface area contributed by atoms with Gasteiger partial charge in [-0.1, -0.05) is 40.2 Å². The van der Waals surface area contributed by atoms with Gasteiger partial charge in [0.1, 0.15) is 5.75 Å². The fourth-order valence-corrected chi connectivity index (χ4v) is 3.60. The third-order valence-electron chi connectivity index (χ3n) is 4.33. The molecule has 3 heteroatoms. The summed E-state index contributed by atoms with van der Waals surface area (Å²) in [4.78, 5) is 0. The summed E-state index contributed by atoms with van der Waals surface area (Å²) in [5, 5.41) is 10.7. The van der Waals surface area contributed by atoms with Crippen molar-refractivity contribution >= 4 is 15.9 Å². The van der Waals surface area contributed by atoms with Gasteiger partial charge in [0, 0.05) is 16.8 Å². The fraction of sp³-hybridized carbons (Fsp3) is 0.333. The van der Waals surface area contributed by atoms with Gasteiger partial charge < -0.3 is 9.84 Å². The Balaban J connectivity index is 1.80. The lowest BCUT2D eigenvalue weighted by molar-refractivity contribution is 0.143. The molecule has 2 unspecified atom stereocenters. The molecule has 1 aliphatic carbocycles. The van der Waals surface area contributed by atoms with E-state index in [0.29, 0.717) is 6.42 Å². The van der Waals surface area contributed by atoms with Crippen molar-refractivity contribution in [1.82, 2.24) is 0 Å². The highest BCUT2D eigenvalue weighted by Crippen LogP contribution is 2.37. The van der Waals surface area contributed by atoms with Crippen LogP contribution in [-0.4, -0.2) is 18.3 Å². The second-order valence-corrected chi connectivity index (χ2v) is 6.43. The number of halogens is 1. The number of rotatable bonds is 4. The number of benzene rings is 2. The molecule has 0 amide bonds. The first-order chi connectivity index (χ1) is 10.2. The van der Waals surface area contributed by atoms with Crippen molar-refractivity contribution in [2.24, 2.45) is 0 Å². The van der Waals surface area contributed by atoms with Crippen molar-refractivity contribution in [2.45, 2.75) is 31.3 Å². The molecule has 0 bridgehead atoms. The monoisotopic (exact) mass is 346 g/mol. The SMILES string of the molecule is COc1ccc(Br)c(CC(O)C2CCc3ccccc32)c1. The molecular weight excluding hydrogens is 328 g/mol. The molecule has 0 aromatic heterocycles. The number of aliphatic hydroxyl groups is 1. The third-order valence-corrected chi connectivity index (χ3v) is 5.10. The first-order valence-electron chi connectivity index (χ1n) is 7.27. The number of fused-ring (bicyclic) bond motifs is 1. The Labute approximate surface area is 133 Å². The minimum absolute atomic E-state index is 0.235. The van der Waals surface area contributed by atoms with Crippen LogP contribution in [0.1, 0.15) is 29.0 Å². The summed E-state index contributed by atoms with van der Waals surface area (Å²) in [6, 6.07) is 14.3. The van der Waals surface area contributed by atoms with Gasteiger partial charge in [0.2, 0.25) is 0 Å². The van der Waals surface area contributed by atoms with Gasteiger partial charge in [-0.15, -0.1) is 0 Å². The summed E-state index contributed by atoms with van der Waals surface area (Å²) in [5.74, 6) is 1.06. The van der Waals surface area contributed by atoms with Crippen molar-refractivity contribution in [3.63, 3.8) is 0 Å². The van der Waals surface area contributed by atoms with E-state index in [1.165, 1.54) is 11.1 Å². The summed E-state index contributed by atoms with van der Waals surface area (Å²) in [6.07, 6.45) is 2.37. The van der Waals surface area contributed by atoms with E-state index in [1.54, 1.807) is 7.11 Å². The molecule has 0 radical (unpaired) electrons. The highest BCUT2D eigenvalue weighted by Gasteiger charge is 2.28. The molecule has 1 N–H and O–H groups in total. The van der Waals surface area contributed by atoms with E-state index in [0.717, 1.165) is 28.6 Å². The van der Waals surface area contributed by atoms with Crippen molar-refractivity contribution < 1.29 is 9.84 Å². The largest absolute Gasteiger partial charge is 0.497 e. The first kappa shape index (κ1) is 14.6. The van der Waals surface area contributed by atoms with E-state index in [4.69, 9.17) is 4.74 Å². The van der Waals surface area contributed by atoms with Crippen LogP contribution in [0, 0.1) is 0 Å². The first-order valence-corrected chi connectivity index (χ1v) is 8.06. The van der Waals surface area contributed by atoms with E-state index in [-0.39, 0.29) is 12.0 Å². The molecule has 110 valence electrons. The smallest absolute Gasteiger partial charge is 0.119 e. The van der Waals surface area contributed by atoms with Crippen LogP contribution in [0.3, 0.4) is 0 Å². The quantitative estimate of drug-likeness (QED) is 0.903. The minimum Gasteiger partial charge on any atom is -0.497 e. The van der Waals surface area contributed by atoms with Gasteiger partial charge in [-0.05, 0) is 47.7 Å². The number of aliphatic hydroxyl groups excluding tert-OH is 1. The predicted octanol–water partition coefficient (Wildman–Crippen LogP) is 4.09. The molecular formula is C18H19BrO2. The Bertz CT molecular complexity index is 639. The van der Waals surface area contributed by atoms with Crippen molar-refractivity contribution in [3.05, 3.63) is 63.6 Å². The summed E-state index contributed by atoms with van der Waals surface area (Å²) in [7, 11) is 1.66. The Morgan fingerprint density at radius 3 is 2.90 bits per heavy atom. The maximum absolute atomic E-state index is 10.7. The summed E-state index contributed by atoms with van der Waals surface area (Å²) >= 11 is 3.56. The highest BCUT2D eigenvalue weighted by atomic mass is 79.9. The maximum Gasteiger partial charge on any atom is 0.119 e. The topological polar surface area (TPSA) is 29.5 Å². The van der Waals surface area contributed by atoms with E-state index in [9.17, 15) is 5.11 Å². The Kier molecular flexibility index (Phi) is 4.32. The van der Waals surface area contributed by atoms with E-state index < -0.39 is 0 Å². The molecule has 0 heterocycles. The van der Waals surface area contributed by atoms with Crippen LogP contribution in [0.5, 0.6) is 5.75 Å². The van der Waals surface area contributed by atoms with E-state index in [2.05, 4.69) is 40.2 Å². The third kappa shape index (κ3) is 2.99. The highest BCUT2D eigenvalue weighted by molar-refractivity contribution is 9.10. The van der Waals surface area contributed by atoms with Gasteiger partial charge in [0.15, 0.2) is 0 Å². The van der Waals surface area contributed by atoms with Gasteiger partial charge in [0.25, 0.3) is 0 Å². The van der Waals surface area contributed by atoms with E-state index >= 15 is 0 Å². The normalized spacial score (nSPS) is 18.3. The van der Waals surface area contributed by atoms with Crippen molar-refractivity contribution in [1.29, 1.82) is 0 Å². The van der Waals surface area contributed by atoms with Crippen LogP contribution in [0.15, 0.2) is 46.9 Å². The zero-order valence-electron chi connectivity index (χ0n) is 12.1. The molecule has 1 aliphatic rings. The van der Waals surface area contributed by atoms with E-state index in [1.807, 2.05) is 18.2 Å². The predicted molar refractivity (Wildman–Crippen MR) is 87.9 cm³/mol. The zero-order chi connectivity index (χ0) is 14.8. The standard InChI is InChI=1S/C18H19BrO2/c1-21-14-7-9-17(19)13(10-14)11-18(20)16-8-6-12-4-2-3-5-15(12)16/h2-5,7,9-10,16,18,20H,6,8,11H2,1H3. The summed E-state index contributed by atoms with van der Waals surface area (Å²) in [5.41, 5.74) is 3.78. The van der Waals surface area contributed by atoms with Gasteiger partial charge >= 0.3 is 0 Å². The van der Waals surface area contributed by atoms with Crippen LogP contribution < -0.4 is 4.74 Å². The van der Waals surface area contributed by atoms with Gasteiger partial charge in [-0.3, -0.25) is 0 Å². The zero-order valence-corrected chi connectivity index (χ0v) is 13.6. The lowest BCUT2D eigenvalue weighted by Crippen LogP contribution is -2.19. The molecule has 2 atom stereocenters. The average molecular weight is 347 g/mol. The number of hydrogen-bond donors (Lipinski definition) is 1. The number of aryl methyl sites for hydroxylation is 1. The van der Waals surface area contributed by atoms with Gasteiger partial charge in [-0.2, -0.15) is 0 Å². The fourth-order valence-electron chi connectivity index (χ4n) is 3.19. The summed E-state index contributed by atoms with van der Waals surface area (Å²) < 4.78 is 6.29. The molecule has 2 nitrogen and oxygen atoms in total. The number of methoxy groups -OCH3 is 1. The van der Waals surface area contributed by atoms with Gasteiger partial charge in [-0.25, -0.2) is 0 Å². The molecule has 3 rings (SSSR count). The molecule has 0 saturated heterocycles. The second kappa shape index (κ2) is 6.20. The van der Waals surface area contributed by atoms with Crippen LogP contribution in [0.4, 0.5) is 0 Å². The van der Waals surface area contributed by atoms with Gasteiger partial charge in [0.05, 0.1) is 13.2 Å². The van der Waals surface area contributed by atoms with Crippen LogP contribution in [-0.2, 0) is 12.8 Å². The number of hydrogen-bond acceptors (Lipinski definition) is 2. The van der Waals surface area contributed by atoms with Crippen LogP contribution in [0.2, 0.25) is 0 Å². The van der Waals surface area contributed by atoms with Crippen molar-refractivity contribution in [3.8, 4) is 5.75 Å². The van der Waals surface area contributed by atoms with Crippen LogP contribution in [0.25, 0.3) is 0 Å². The molecule has 0 aliphatic heterocycles. The minimum atomic E-state index is -0.364. The molecule has 0 saturated carbocycles. The summed E-state index contributed by atoms with van der Waals surface area (Å²) in [6.45, 7) is 0. The molecule has 2 aromatic carbocycles. The number of ether oxygens (including phenoxy) is 1. The lowest BCUT2D eigenvalue weighted by Gasteiger charge is -2.20. The lowest BCUT2D eigenvalue weighted by atomic mass is 9.91. The Morgan fingerprint density at radius 1 is 1.29 bits per heavy atom. The molecule has 0 fully saturated rings. The molecule has 0 spiro atoms. The maximum atomic E-state index is 10.7. The van der Waals surface area contributed by atoms with Crippen LogP contribution >= 0.6 is 15.9 Å². The van der Waals surface area contributed by atoms with Crippen molar-refractivity contribution in [2.75, 3.05) is 7.11 Å². The molecule has 2 aromatic rings. The second-order valence-electron chi connectivity index (χ2n) is 5.57. The average Bonchev–Trinajstić information content (AvgIpc) is 2.93. The molecule has 21 heavy (non-hydrogen) atoms. The Morgan fingerprint density at radius 2 is 2.10 bits per heavy atom.